The molecule has 0 fully saturated rings. The fourth-order valence-electron chi connectivity index (χ4n) is 2.84. The summed E-state index contributed by atoms with van der Waals surface area (Å²) in [6.45, 7) is 7.69. The number of carboxylic acids is 1. The van der Waals surface area contributed by atoms with Crippen molar-refractivity contribution in [3.8, 4) is 11.5 Å². The zero-order valence-corrected chi connectivity index (χ0v) is 15.5. The molecule has 1 aliphatic rings. The lowest BCUT2D eigenvalue weighted by molar-refractivity contribution is -0.138. The second-order valence-electron chi connectivity index (χ2n) is 6.42. The molecule has 2 rings (SSSR count). The molecule has 1 unspecified atom stereocenters. The Morgan fingerprint density at radius 3 is 2.16 bits per heavy atom. The van der Waals surface area contributed by atoms with Gasteiger partial charge in [0.05, 0.1) is 0 Å². The van der Waals surface area contributed by atoms with Crippen molar-refractivity contribution < 1.29 is 37.3 Å². The number of hydrogen-bond acceptors (Lipinski definition) is 5. The van der Waals surface area contributed by atoms with Gasteiger partial charge in [-0.1, -0.05) is 0 Å². The van der Waals surface area contributed by atoms with Gasteiger partial charge in [-0.05, 0) is 63.6 Å². The fourth-order valence-corrected chi connectivity index (χ4v) is 2.84. The number of phenols is 1. The van der Waals surface area contributed by atoms with Crippen LogP contribution in [-0.4, -0.2) is 39.3 Å². The largest absolute Gasteiger partial charge is 0.507 e. The number of benzene rings is 1. The van der Waals surface area contributed by atoms with Crippen LogP contribution in [0, 0.1) is 20.8 Å². The summed E-state index contributed by atoms with van der Waals surface area (Å²) in [5.41, 5.74) is 3.28. The third-order valence-corrected chi connectivity index (χ3v) is 4.46. The minimum atomic E-state index is -4.67. The molecule has 25 heavy (non-hydrogen) atoms. The monoisotopic (exact) mass is 376 g/mol. The van der Waals surface area contributed by atoms with Gasteiger partial charge in [0.25, 0.3) is 0 Å². The number of rotatable bonds is 3. The maximum absolute atomic E-state index is 10.8. The first-order valence-corrected chi connectivity index (χ1v) is 9.07. The van der Waals surface area contributed by atoms with E-state index >= 15 is 0 Å². The van der Waals surface area contributed by atoms with Crippen molar-refractivity contribution in [3.63, 3.8) is 0 Å². The van der Waals surface area contributed by atoms with Gasteiger partial charge < -0.3 is 14.9 Å². The van der Waals surface area contributed by atoms with Gasteiger partial charge in [-0.25, -0.2) is 0 Å². The third-order valence-electron chi connectivity index (χ3n) is 4.46. The maximum atomic E-state index is 10.8. The van der Waals surface area contributed by atoms with E-state index in [1.54, 1.807) is 0 Å². The van der Waals surface area contributed by atoms with Gasteiger partial charge in [0.15, 0.2) is 0 Å². The SMILES string of the molecule is Cc1c(C)c2c(c(C)c1O)CCC(C)(CCC(=O)O)O2.O=S(=O)(O)O. The summed E-state index contributed by atoms with van der Waals surface area (Å²) in [5, 5.41) is 19.0. The molecular weight excluding hydrogens is 352 g/mol. The average molecular weight is 376 g/mol. The van der Waals surface area contributed by atoms with E-state index < -0.39 is 22.0 Å². The van der Waals surface area contributed by atoms with E-state index in [1.165, 1.54) is 0 Å². The lowest BCUT2D eigenvalue weighted by atomic mass is 9.85. The van der Waals surface area contributed by atoms with Crippen LogP contribution >= 0.6 is 0 Å². The van der Waals surface area contributed by atoms with Crippen LogP contribution in [0.3, 0.4) is 0 Å². The molecule has 1 atom stereocenters. The van der Waals surface area contributed by atoms with Gasteiger partial charge in [0.2, 0.25) is 0 Å². The Kier molecular flexibility index (Phi) is 6.44. The van der Waals surface area contributed by atoms with Gasteiger partial charge >= 0.3 is 16.4 Å². The van der Waals surface area contributed by atoms with E-state index in [0.29, 0.717) is 12.2 Å². The molecule has 0 saturated carbocycles. The van der Waals surface area contributed by atoms with Gasteiger partial charge in [0.1, 0.15) is 17.1 Å². The second kappa shape index (κ2) is 7.59. The lowest BCUT2D eigenvalue weighted by Crippen LogP contribution is -2.37. The van der Waals surface area contributed by atoms with Crippen molar-refractivity contribution >= 4 is 16.4 Å². The minimum Gasteiger partial charge on any atom is -0.507 e. The number of phenolic OH excluding ortho intramolecular Hbond substituents is 1. The molecule has 1 aliphatic heterocycles. The Balaban J connectivity index is 0.000000550. The van der Waals surface area contributed by atoms with E-state index in [9.17, 15) is 9.90 Å². The topological polar surface area (TPSA) is 141 Å². The molecule has 0 saturated heterocycles. The Morgan fingerprint density at radius 2 is 1.68 bits per heavy atom. The zero-order chi connectivity index (χ0) is 19.6. The minimum absolute atomic E-state index is 0.112. The van der Waals surface area contributed by atoms with Crippen molar-refractivity contribution in [2.75, 3.05) is 0 Å². The molecule has 1 aromatic carbocycles. The molecule has 9 heteroatoms. The van der Waals surface area contributed by atoms with Gasteiger partial charge in [0, 0.05) is 12.0 Å². The van der Waals surface area contributed by atoms with Crippen LogP contribution < -0.4 is 4.74 Å². The number of hydrogen-bond donors (Lipinski definition) is 4. The highest BCUT2D eigenvalue weighted by atomic mass is 32.3. The molecule has 142 valence electrons. The van der Waals surface area contributed by atoms with Gasteiger partial charge in [-0.15, -0.1) is 0 Å². The standard InChI is InChI=1S/C16H22O4.H2O4S/c1-9-10(2)15-12(11(3)14(9)19)5-7-16(4,20-15)8-6-13(17)18;1-5(2,3)4/h19H,5-8H2,1-4H3,(H,17,18);(H2,1,2,3,4). The number of aliphatic carboxylic acids is 1. The van der Waals surface area contributed by atoms with Crippen LogP contribution in [0.1, 0.15) is 48.4 Å². The smallest absolute Gasteiger partial charge is 0.394 e. The lowest BCUT2D eigenvalue weighted by Gasteiger charge is -2.37. The van der Waals surface area contributed by atoms with Crippen LogP contribution in [0.15, 0.2) is 0 Å². The number of carbonyl (C=O) groups is 1. The van der Waals surface area contributed by atoms with Crippen molar-refractivity contribution in [1.82, 2.24) is 0 Å². The molecule has 1 heterocycles. The van der Waals surface area contributed by atoms with E-state index in [0.717, 1.165) is 40.8 Å². The van der Waals surface area contributed by atoms with Gasteiger partial charge in [-0.2, -0.15) is 8.42 Å². The summed E-state index contributed by atoms with van der Waals surface area (Å²) in [4.78, 5) is 10.8. The van der Waals surface area contributed by atoms with Crippen molar-refractivity contribution in [1.29, 1.82) is 0 Å². The molecule has 0 amide bonds. The summed E-state index contributed by atoms with van der Waals surface area (Å²) in [6.07, 6.45) is 2.20. The van der Waals surface area contributed by atoms with Crippen LogP contribution in [0.4, 0.5) is 0 Å². The molecular formula is C16H24O8S. The van der Waals surface area contributed by atoms with E-state index in [2.05, 4.69) is 0 Å². The predicted octanol–water partition coefficient (Wildman–Crippen LogP) is 2.61. The van der Waals surface area contributed by atoms with E-state index in [4.69, 9.17) is 27.4 Å². The average Bonchev–Trinajstić information content (AvgIpc) is 2.47. The number of fused-ring (bicyclic) bond motifs is 1. The second-order valence-corrected chi connectivity index (χ2v) is 7.32. The molecule has 0 radical (unpaired) electrons. The fraction of sp³-hybridized carbons (Fsp3) is 0.562. The summed E-state index contributed by atoms with van der Waals surface area (Å²) in [5.74, 6) is 0.381. The normalized spacial score (nSPS) is 19.3. The quantitative estimate of drug-likeness (QED) is 0.590. The van der Waals surface area contributed by atoms with Crippen molar-refractivity contribution in [2.24, 2.45) is 0 Å². The van der Waals surface area contributed by atoms with Crippen LogP contribution in [0.25, 0.3) is 0 Å². The first kappa shape index (κ1) is 21.2. The molecule has 0 aromatic heterocycles. The summed E-state index contributed by atoms with van der Waals surface area (Å²) in [6, 6.07) is 0. The van der Waals surface area contributed by atoms with Crippen LogP contribution in [-0.2, 0) is 21.6 Å². The Bertz CT molecular complexity index is 761. The van der Waals surface area contributed by atoms with Crippen molar-refractivity contribution in [2.45, 2.75) is 59.0 Å². The number of aromatic hydroxyl groups is 1. The van der Waals surface area contributed by atoms with Crippen LogP contribution in [0.5, 0.6) is 11.5 Å². The maximum Gasteiger partial charge on any atom is 0.394 e. The van der Waals surface area contributed by atoms with E-state index in [1.807, 2.05) is 27.7 Å². The Labute approximate surface area is 147 Å². The molecule has 4 N–H and O–H groups in total. The third kappa shape index (κ3) is 5.87. The van der Waals surface area contributed by atoms with E-state index in [-0.39, 0.29) is 6.42 Å². The Hall–Kier alpha value is -1.84. The predicted molar refractivity (Wildman–Crippen MR) is 90.7 cm³/mol. The number of carboxylic acid groups (broad SMARTS) is 1. The molecule has 0 spiro atoms. The summed E-state index contributed by atoms with van der Waals surface area (Å²) < 4.78 is 37.7. The van der Waals surface area contributed by atoms with Crippen molar-refractivity contribution in [3.05, 3.63) is 22.3 Å². The molecule has 8 nitrogen and oxygen atoms in total. The highest BCUT2D eigenvalue weighted by molar-refractivity contribution is 7.79. The van der Waals surface area contributed by atoms with Gasteiger partial charge in [-0.3, -0.25) is 13.9 Å². The molecule has 0 bridgehead atoms. The highest BCUT2D eigenvalue weighted by Gasteiger charge is 2.34. The summed E-state index contributed by atoms with van der Waals surface area (Å²) >= 11 is 0. The molecule has 1 aromatic rings. The van der Waals surface area contributed by atoms with Crippen LogP contribution in [0.2, 0.25) is 0 Å². The summed E-state index contributed by atoms with van der Waals surface area (Å²) in [7, 11) is -4.67. The first-order chi connectivity index (χ1) is 11.2. The highest BCUT2D eigenvalue weighted by Crippen LogP contribution is 2.44. The number of ether oxygens (including phenoxy) is 1. The zero-order valence-electron chi connectivity index (χ0n) is 14.7. The first-order valence-electron chi connectivity index (χ1n) is 7.67. The Morgan fingerprint density at radius 1 is 1.16 bits per heavy atom. The molecule has 0 aliphatic carbocycles.